The van der Waals surface area contributed by atoms with Crippen LogP contribution in [0.3, 0.4) is 0 Å². The van der Waals surface area contributed by atoms with Gasteiger partial charge < -0.3 is 10.1 Å². The smallest absolute Gasteiger partial charge is 0.264 e. The molecule has 1 amide bonds. The number of aryl methyl sites for hydroxylation is 3. The molecule has 0 fully saturated rings. The summed E-state index contributed by atoms with van der Waals surface area (Å²) in [6.07, 6.45) is 0. The molecule has 202 valence electrons. The lowest BCUT2D eigenvalue weighted by Gasteiger charge is -2.26. The van der Waals surface area contributed by atoms with Crippen LogP contribution in [0.25, 0.3) is 0 Å². The summed E-state index contributed by atoms with van der Waals surface area (Å²) in [7, 11) is -2.59. The largest absolute Gasteiger partial charge is 0.495 e. The van der Waals surface area contributed by atoms with Gasteiger partial charge in [-0.2, -0.15) is 0 Å². The Labute approximate surface area is 235 Å². The van der Waals surface area contributed by atoms with Crippen molar-refractivity contribution in [1.29, 1.82) is 0 Å². The topological polar surface area (TPSA) is 75.7 Å². The number of nitrogens with zero attached hydrogens (tertiary/aromatic N) is 1. The first-order chi connectivity index (χ1) is 18.7. The number of anilines is 2. The Balaban J connectivity index is 1.57. The average Bonchev–Trinajstić information content (AvgIpc) is 2.92. The number of nitrogens with one attached hydrogen (secondary N) is 1. The molecular formula is C31H32N2O4S2. The van der Waals surface area contributed by atoms with Crippen molar-refractivity contribution in [2.75, 3.05) is 23.3 Å². The van der Waals surface area contributed by atoms with E-state index in [0.29, 0.717) is 17.1 Å². The maximum Gasteiger partial charge on any atom is 0.264 e. The van der Waals surface area contributed by atoms with Crippen molar-refractivity contribution < 1.29 is 17.9 Å². The van der Waals surface area contributed by atoms with Crippen LogP contribution >= 0.6 is 11.8 Å². The Bertz CT molecular complexity index is 1550. The minimum Gasteiger partial charge on any atom is -0.495 e. The van der Waals surface area contributed by atoms with Gasteiger partial charge in [0.1, 0.15) is 12.3 Å². The minimum atomic E-state index is -4.07. The molecule has 0 atom stereocenters. The van der Waals surface area contributed by atoms with Gasteiger partial charge >= 0.3 is 0 Å². The van der Waals surface area contributed by atoms with Crippen LogP contribution in [0.1, 0.15) is 22.3 Å². The van der Waals surface area contributed by atoms with Gasteiger partial charge in [0.05, 0.1) is 17.7 Å². The van der Waals surface area contributed by atoms with Gasteiger partial charge in [-0.25, -0.2) is 8.42 Å². The van der Waals surface area contributed by atoms with Gasteiger partial charge in [-0.1, -0.05) is 54.1 Å². The normalized spacial score (nSPS) is 11.2. The van der Waals surface area contributed by atoms with Crippen LogP contribution < -0.4 is 14.4 Å². The summed E-state index contributed by atoms with van der Waals surface area (Å²) in [5.41, 5.74) is 4.75. The van der Waals surface area contributed by atoms with E-state index in [4.69, 9.17) is 4.74 Å². The Morgan fingerprint density at radius 3 is 2.23 bits per heavy atom. The van der Waals surface area contributed by atoms with Gasteiger partial charge in [-0.3, -0.25) is 9.10 Å². The van der Waals surface area contributed by atoms with E-state index in [-0.39, 0.29) is 4.90 Å². The van der Waals surface area contributed by atoms with Gasteiger partial charge in [0.25, 0.3) is 10.0 Å². The van der Waals surface area contributed by atoms with Crippen molar-refractivity contribution in [1.82, 2.24) is 0 Å². The number of methoxy groups -OCH3 is 1. The lowest BCUT2D eigenvalue weighted by atomic mass is 10.1. The minimum absolute atomic E-state index is 0.0981. The summed E-state index contributed by atoms with van der Waals surface area (Å²) in [4.78, 5) is 14.6. The van der Waals surface area contributed by atoms with Gasteiger partial charge in [0.15, 0.2) is 0 Å². The monoisotopic (exact) mass is 560 g/mol. The molecule has 1 N–H and O–H groups in total. The number of thioether (sulfide) groups is 1. The number of rotatable bonds is 10. The van der Waals surface area contributed by atoms with Crippen molar-refractivity contribution in [3.8, 4) is 5.75 Å². The number of hydrogen-bond donors (Lipinski definition) is 1. The van der Waals surface area contributed by atoms with E-state index >= 15 is 0 Å². The van der Waals surface area contributed by atoms with Crippen LogP contribution in [0.4, 0.5) is 11.4 Å². The van der Waals surface area contributed by atoms with E-state index in [0.717, 1.165) is 32.3 Å². The quantitative estimate of drug-likeness (QED) is 0.217. The first-order valence-electron chi connectivity index (χ1n) is 12.5. The van der Waals surface area contributed by atoms with E-state index in [1.807, 2.05) is 63.2 Å². The fraction of sp³-hybridized carbons (Fsp3) is 0.194. The first-order valence-corrected chi connectivity index (χ1v) is 14.9. The van der Waals surface area contributed by atoms with E-state index in [1.54, 1.807) is 48.2 Å². The molecule has 0 aliphatic heterocycles. The molecule has 0 aliphatic carbocycles. The molecule has 4 aromatic rings. The molecule has 0 radical (unpaired) electrons. The third kappa shape index (κ3) is 7.02. The molecule has 4 aromatic carbocycles. The van der Waals surface area contributed by atoms with E-state index < -0.39 is 22.5 Å². The fourth-order valence-electron chi connectivity index (χ4n) is 4.09. The molecule has 6 nitrogen and oxygen atoms in total. The van der Waals surface area contributed by atoms with Crippen molar-refractivity contribution in [2.24, 2.45) is 0 Å². The SMILES string of the molecule is COc1ccc(C)cc1N(CC(=O)Nc1ccc(CSc2ccccc2)cc1C)S(=O)(=O)c1ccc(C)cc1. The van der Waals surface area contributed by atoms with Crippen molar-refractivity contribution in [3.63, 3.8) is 0 Å². The van der Waals surface area contributed by atoms with Gasteiger partial charge in [-0.05, 0) is 79.9 Å². The number of benzene rings is 4. The van der Waals surface area contributed by atoms with Crippen LogP contribution in [0.15, 0.2) is 101 Å². The molecule has 0 bridgehead atoms. The van der Waals surface area contributed by atoms with E-state index in [2.05, 4.69) is 17.4 Å². The van der Waals surface area contributed by atoms with E-state index in [9.17, 15) is 13.2 Å². The number of sulfonamides is 1. The standard InChI is InChI=1S/C31H32N2O4S2/c1-22-10-14-27(15-11-22)39(35,36)33(29-18-23(2)12-17-30(29)37-4)20-31(34)32-28-16-13-25(19-24(28)3)21-38-26-8-6-5-7-9-26/h5-19H,20-21H2,1-4H3,(H,32,34). The van der Waals surface area contributed by atoms with Crippen molar-refractivity contribution in [3.05, 3.63) is 113 Å². The van der Waals surface area contributed by atoms with Gasteiger partial charge in [0, 0.05) is 16.3 Å². The zero-order chi connectivity index (χ0) is 28.0. The molecule has 4 rings (SSSR count). The highest BCUT2D eigenvalue weighted by atomic mass is 32.2. The molecule has 0 aliphatic rings. The third-order valence-electron chi connectivity index (χ3n) is 6.21. The zero-order valence-corrected chi connectivity index (χ0v) is 24.1. The maximum atomic E-state index is 13.8. The third-order valence-corrected chi connectivity index (χ3v) is 9.07. The highest BCUT2D eigenvalue weighted by Crippen LogP contribution is 2.34. The Morgan fingerprint density at radius 1 is 0.872 bits per heavy atom. The Hall–Kier alpha value is -3.75. The number of amides is 1. The van der Waals surface area contributed by atoms with Crippen molar-refractivity contribution in [2.45, 2.75) is 36.3 Å². The van der Waals surface area contributed by atoms with Crippen LogP contribution in [0.5, 0.6) is 5.75 Å². The lowest BCUT2D eigenvalue weighted by Crippen LogP contribution is -2.38. The zero-order valence-electron chi connectivity index (χ0n) is 22.5. The highest BCUT2D eigenvalue weighted by Gasteiger charge is 2.29. The second-order valence-corrected chi connectivity index (χ2v) is 12.2. The Morgan fingerprint density at radius 2 is 1.56 bits per heavy atom. The summed E-state index contributed by atoms with van der Waals surface area (Å²) >= 11 is 1.74. The maximum absolute atomic E-state index is 13.8. The molecule has 0 spiro atoms. The summed E-state index contributed by atoms with van der Waals surface area (Å²) in [5.74, 6) is 0.707. The number of carbonyl (C=O) groups excluding carboxylic acids is 1. The number of hydrogen-bond acceptors (Lipinski definition) is 5. The summed E-state index contributed by atoms with van der Waals surface area (Å²) in [6, 6.07) is 27.9. The van der Waals surface area contributed by atoms with Crippen LogP contribution in [0, 0.1) is 20.8 Å². The lowest BCUT2D eigenvalue weighted by molar-refractivity contribution is -0.114. The van der Waals surface area contributed by atoms with E-state index in [1.165, 1.54) is 12.0 Å². The molecule has 0 saturated heterocycles. The molecule has 0 heterocycles. The number of ether oxygens (including phenoxy) is 1. The molecule has 39 heavy (non-hydrogen) atoms. The van der Waals surface area contributed by atoms with Gasteiger partial charge in [0.2, 0.25) is 5.91 Å². The second kappa shape index (κ2) is 12.4. The highest BCUT2D eigenvalue weighted by molar-refractivity contribution is 7.98. The van der Waals surface area contributed by atoms with Crippen molar-refractivity contribution >= 4 is 39.1 Å². The molecule has 0 saturated carbocycles. The summed E-state index contributed by atoms with van der Waals surface area (Å²) < 4.78 is 34.2. The summed E-state index contributed by atoms with van der Waals surface area (Å²) in [5, 5.41) is 2.90. The molecule has 0 aromatic heterocycles. The van der Waals surface area contributed by atoms with Crippen LogP contribution in [0.2, 0.25) is 0 Å². The first kappa shape index (κ1) is 28.3. The second-order valence-electron chi connectivity index (χ2n) is 9.30. The predicted molar refractivity (Wildman–Crippen MR) is 159 cm³/mol. The predicted octanol–water partition coefficient (Wildman–Crippen LogP) is 6.75. The van der Waals surface area contributed by atoms with Crippen LogP contribution in [-0.4, -0.2) is 28.0 Å². The Kier molecular flexibility index (Phi) is 8.99. The molecule has 0 unspecified atom stereocenters. The number of carbonyl (C=O) groups is 1. The molecular weight excluding hydrogens is 528 g/mol. The average molecular weight is 561 g/mol. The fourth-order valence-corrected chi connectivity index (χ4v) is 6.38. The van der Waals surface area contributed by atoms with Gasteiger partial charge in [-0.15, -0.1) is 11.8 Å². The summed E-state index contributed by atoms with van der Waals surface area (Å²) in [6.45, 7) is 5.26. The van der Waals surface area contributed by atoms with Crippen LogP contribution in [-0.2, 0) is 20.6 Å². The molecule has 8 heteroatoms.